The number of nitrogens with one attached hydrogen (secondary N) is 1. The topological polar surface area (TPSA) is 54.7 Å². The summed E-state index contributed by atoms with van der Waals surface area (Å²) in [4.78, 5) is 7.55. The van der Waals surface area contributed by atoms with Crippen LogP contribution in [-0.2, 0) is 6.42 Å². The van der Waals surface area contributed by atoms with Crippen LogP contribution in [0.25, 0.3) is 11.4 Å². The van der Waals surface area contributed by atoms with Crippen LogP contribution in [0.3, 0.4) is 0 Å². The first-order valence-electron chi connectivity index (χ1n) is 5.33. The Hall–Kier alpha value is -1.58. The van der Waals surface area contributed by atoms with Crippen LogP contribution in [0.1, 0.15) is 31.9 Å². The van der Waals surface area contributed by atoms with E-state index in [0.717, 1.165) is 17.8 Å². The number of rotatable bonds is 5. The average Bonchev–Trinajstić information content (AvgIpc) is 2.87. The van der Waals surface area contributed by atoms with E-state index in [4.69, 9.17) is 4.52 Å². The van der Waals surface area contributed by atoms with Crippen LogP contribution >= 0.6 is 0 Å². The maximum absolute atomic E-state index is 4.77. The van der Waals surface area contributed by atoms with E-state index in [2.05, 4.69) is 22.0 Å². The van der Waals surface area contributed by atoms with Gasteiger partial charge in [-0.3, -0.25) is 0 Å². The molecule has 0 unspecified atom stereocenters. The van der Waals surface area contributed by atoms with Gasteiger partial charge < -0.3 is 9.51 Å². The van der Waals surface area contributed by atoms with Crippen molar-refractivity contribution in [2.24, 2.45) is 0 Å². The highest BCUT2D eigenvalue weighted by molar-refractivity contribution is 5.51. The summed E-state index contributed by atoms with van der Waals surface area (Å²) in [5, 5.41) is 3.65. The molecule has 0 saturated heterocycles. The Morgan fingerprint density at radius 2 is 2.27 bits per heavy atom. The zero-order chi connectivity index (χ0) is 10.5. The van der Waals surface area contributed by atoms with Gasteiger partial charge in [0.15, 0.2) is 0 Å². The molecule has 0 atom stereocenters. The van der Waals surface area contributed by atoms with Crippen LogP contribution < -0.4 is 0 Å². The number of aryl methyl sites for hydroxylation is 1. The fraction of sp³-hybridized carbons (Fsp3) is 0.455. The van der Waals surface area contributed by atoms with Crippen LogP contribution in [-0.4, -0.2) is 15.1 Å². The molecule has 0 radical (unpaired) electrons. The van der Waals surface area contributed by atoms with Crippen molar-refractivity contribution in [3.63, 3.8) is 0 Å². The number of hydrogen-bond donors (Lipinski definition) is 1. The fourth-order valence-corrected chi connectivity index (χ4v) is 1.52. The second kappa shape index (κ2) is 4.77. The standard InChI is InChI=1S/C11H15N3O/c1-2-3-4-5-10-7-12-11(14-10)9-6-13-15-8-9/h6-8H,2-5H2,1H3,(H,12,14). The molecule has 4 heteroatoms. The lowest BCUT2D eigenvalue weighted by Gasteiger charge is -1.94. The van der Waals surface area contributed by atoms with Gasteiger partial charge >= 0.3 is 0 Å². The van der Waals surface area contributed by atoms with Gasteiger partial charge in [-0.2, -0.15) is 0 Å². The molecule has 0 saturated carbocycles. The maximum atomic E-state index is 4.77. The molecule has 2 aromatic heterocycles. The molecule has 2 heterocycles. The minimum atomic E-state index is 0.836. The first-order valence-corrected chi connectivity index (χ1v) is 5.33. The summed E-state index contributed by atoms with van der Waals surface area (Å²) < 4.78 is 4.77. The van der Waals surface area contributed by atoms with Gasteiger partial charge in [-0.05, 0) is 12.8 Å². The summed E-state index contributed by atoms with van der Waals surface area (Å²) in [5.74, 6) is 0.836. The van der Waals surface area contributed by atoms with Crippen molar-refractivity contribution in [1.29, 1.82) is 0 Å². The predicted octanol–water partition coefficient (Wildman–Crippen LogP) is 2.80. The summed E-state index contributed by atoms with van der Waals surface area (Å²) in [5.41, 5.74) is 2.08. The molecule has 0 fully saturated rings. The van der Waals surface area contributed by atoms with E-state index >= 15 is 0 Å². The number of nitrogens with zero attached hydrogens (tertiary/aromatic N) is 2. The van der Waals surface area contributed by atoms with E-state index < -0.39 is 0 Å². The third kappa shape index (κ3) is 2.46. The monoisotopic (exact) mass is 205 g/mol. The third-order valence-electron chi connectivity index (χ3n) is 2.38. The van der Waals surface area contributed by atoms with E-state index in [1.165, 1.54) is 25.0 Å². The Kier molecular flexibility index (Phi) is 3.17. The van der Waals surface area contributed by atoms with Crippen LogP contribution in [0, 0.1) is 0 Å². The zero-order valence-corrected chi connectivity index (χ0v) is 8.86. The van der Waals surface area contributed by atoms with E-state index in [9.17, 15) is 0 Å². The van der Waals surface area contributed by atoms with Gasteiger partial charge in [0.1, 0.15) is 12.1 Å². The Labute approximate surface area is 88.7 Å². The molecule has 0 aromatic carbocycles. The molecule has 0 aliphatic carbocycles. The third-order valence-corrected chi connectivity index (χ3v) is 2.38. The summed E-state index contributed by atoms with van der Waals surface area (Å²) in [6.45, 7) is 2.20. The molecule has 4 nitrogen and oxygen atoms in total. The SMILES string of the molecule is CCCCCc1cnc(-c2cnoc2)[nH]1. The largest absolute Gasteiger partial charge is 0.364 e. The molecule has 80 valence electrons. The minimum absolute atomic E-state index is 0.836. The molecular formula is C11H15N3O. The van der Waals surface area contributed by atoms with Crippen molar-refractivity contribution >= 4 is 0 Å². The summed E-state index contributed by atoms with van der Waals surface area (Å²) in [6.07, 6.45) is 9.92. The smallest absolute Gasteiger partial charge is 0.142 e. The number of unbranched alkanes of at least 4 members (excludes halogenated alkanes) is 2. The Balaban J connectivity index is 1.98. The average molecular weight is 205 g/mol. The Morgan fingerprint density at radius 3 is 3.00 bits per heavy atom. The van der Waals surface area contributed by atoms with Crippen molar-refractivity contribution in [3.8, 4) is 11.4 Å². The van der Waals surface area contributed by atoms with Crippen molar-refractivity contribution < 1.29 is 4.52 Å². The summed E-state index contributed by atoms with van der Waals surface area (Å²) in [6, 6.07) is 0. The zero-order valence-electron chi connectivity index (χ0n) is 8.86. The molecule has 2 aromatic rings. The van der Waals surface area contributed by atoms with Crippen molar-refractivity contribution in [3.05, 3.63) is 24.4 Å². The molecule has 2 rings (SSSR count). The normalized spacial score (nSPS) is 10.7. The Bertz CT molecular complexity index is 392. The van der Waals surface area contributed by atoms with Crippen LogP contribution in [0.5, 0.6) is 0 Å². The van der Waals surface area contributed by atoms with Crippen LogP contribution in [0.15, 0.2) is 23.2 Å². The van der Waals surface area contributed by atoms with Gasteiger partial charge in [-0.25, -0.2) is 4.98 Å². The summed E-state index contributed by atoms with van der Waals surface area (Å²) >= 11 is 0. The number of H-pyrrole nitrogens is 1. The predicted molar refractivity (Wildman–Crippen MR) is 57.3 cm³/mol. The van der Waals surface area contributed by atoms with Gasteiger partial charge in [0.05, 0.1) is 11.8 Å². The minimum Gasteiger partial charge on any atom is -0.364 e. The van der Waals surface area contributed by atoms with Gasteiger partial charge in [-0.1, -0.05) is 24.9 Å². The molecular weight excluding hydrogens is 190 g/mol. The first-order chi connectivity index (χ1) is 7.40. The molecule has 0 spiro atoms. The lowest BCUT2D eigenvalue weighted by molar-refractivity contribution is 0.420. The van der Waals surface area contributed by atoms with Gasteiger partial charge in [0.2, 0.25) is 0 Å². The number of imidazole rings is 1. The molecule has 0 aliphatic heterocycles. The van der Waals surface area contributed by atoms with E-state index in [1.54, 1.807) is 12.5 Å². The highest BCUT2D eigenvalue weighted by atomic mass is 16.5. The number of aromatic amines is 1. The number of hydrogen-bond acceptors (Lipinski definition) is 3. The molecule has 1 N–H and O–H groups in total. The lowest BCUT2D eigenvalue weighted by Crippen LogP contribution is -1.85. The highest BCUT2D eigenvalue weighted by Crippen LogP contribution is 2.15. The molecule has 0 aliphatic rings. The lowest BCUT2D eigenvalue weighted by atomic mass is 10.2. The van der Waals surface area contributed by atoms with Crippen LogP contribution in [0.4, 0.5) is 0 Å². The molecule has 0 bridgehead atoms. The second-order valence-corrected chi connectivity index (χ2v) is 3.63. The van der Waals surface area contributed by atoms with E-state index in [1.807, 2.05) is 6.20 Å². The maximum Gasteiger partial charge on any atom is 0.142 e. The van der Waals surface area contributed by atoms with Gasteiger partial charge in [0.25, 0.3) is 0 Å². The Morgan fingerprint density at radius 1 is 1.33 bits per heavy atom. The first kappa shape index (κ1) is 9.96. The summed E-state index contributed by atoms with van der Waals surface area (Å²) in [7, 11) is 0. The van der Waals surface area contributed by atoms with Gasteiger partial charge in [0, 0.05) is 11.9 Å². The second-order valence-electron chi connectivity index (χ2n) is 3.63. The quantitative estimate of drug-likeness (QED) is 0.763. The fourth-order valence-electron chi connectivity index (χ4n) is 1.52. The molecule has 15 heavy (non-hydrogen) atoms. The highest BCUT2D eigenvalue weighted by Gasteiger charge is 2.04. The van der Waals surface area contributed by atoms with Crippen molar-refractivity contribution in [1.82, 2.24) is 15.1 Å². The van der Waals surface area contributed by atoms with Crippen LogP contribution in [0.2, 0.25) is 0 Å². The number of aromatic nitrogens is 3. The van der Waals surface area contributed by atoms with E-state index in [0.29, 0.717) is 0 Å². The van der Waals surface area contributed by atoms with E-state index in [-0.39, 0.29) is 0 Å². The van der Waals surface area contributed by atoms with Crippen molar-refractivity contribution in [2.75, 3.05) is 0 Å². The molecule has 0 amide bonds. The van der Waals surface area contributed by atoms with Gasteiger partial charge in [-0.15, -0.1) is 0 Å². The van der Waals surface area contributed by atoms with Crippen molar-refractivity contribution in [2.45, 2.75) is 32.6 Å².